The van der Waals surface area contributed by atoms with Crippen molar-refractivity contribution in [2.75, 3.05) is 39.3 Å². The number of H-pyrrole nitrogens is 1. The minimum absolute atomic E-state index is 0.0228. The lowest BCUT2D eigenvalue weighted by Gasteiger charge is -2.34. The zero-order valence-corrected chi connectivity index (χ0v) is 16.8. The Morgan fingerprint density at radius 2 is 1.86 bits per heavy atom. The molecule has 1 fully saturated rings. The minimum atomic E-state index is -0.0257. The highest BCUT2D eigenvalue weighted by atomic mass is 32.1. The summed E-state index contributed by atoms with van der Waals surface area (Å²) in [5, 5.41) is 12.0. The number of carbonyl (C=O) groups excluding carboxylic acids is 2. The molecule has 0 spiro atoms. The van der Waals surface area contributed by atoms with Crippen LogP contribution in [-0.2, 0) is 0 Å². The van der Waals surface area contributed by atoms with E-state index >= 15 is 0 Å². The molecule has 150 valence electrons. The molecule has 0 aliphatic carbocycles. The van der Waals surface area contributed by atoms with Crippen LogP contribution in [0.15, 0.2) is 53.9 Å². The number of amides is 2. The number of carbonyl (C=O) groups is 2. The van der Waals surface area contributed by atoms with Gasteiger partial charge in [0.25, 0.3) is 11.8 Å². The van der Waals surface area contributed by atoms with Crippen LogP contribution >= 0.6 is 11.3 Å². The lowest BCUT2D eigenvalue weighted by Crippen LogP contribution is -2.50. The van der Waals surface area contributed by atoms with Crippen molar-refractivity contribution in [3.05, 3.63) is 64.5 Å². The number of aromatic amines is 1. The van der Waals surface area contributed by atoms with Gasteiger partial charge in [-0.3, -0.25) is 19.6 Å². The summed E-state index contributed by atoms with van der Waals surface area (Å²) in [5.41, 5.74) is 2.27. The predicted molar refractivity (Wildman–Crippen MR) is 113 cm³/mol. The largest absolute Gasteiger partial charge is 0.350 e. The monoisotopic (exact) mass is 409 g/mol. The summed E-state index contributed by atoms with van der Waals surface area (Å²) in [4.78, 5) is 29.6. The SMILES string of the molecule is O=C(NCCN1CCN(C(=O)c2cc(-c3ccccc3)n[nH]2)CC1)c1cccs1. The van der Waals surface area contributed by atoms with E-state index in [0.29, 0.717) is 25.3 Å². The normalized spacial score (nSPS) is 14.7. The van der Waals surface area contributed by atoms with Crippen molar-refractivity contribution in [3.63, 3.8) is 0 Å². The molecule has 1 aliphatic rings. The quantitative estimate of drug-likeness (QED) is 0.655. The molecular formula is C21H23N5O2S. The molecule has 0 unspecified atom stereocenters. The minimum Gasteiger partial charge on any atom is -0.350 e. The maximum absolute atomic E-state index is 12.8. The first-order valence-corrected chi connectivity index (χ1v) is 10.5. The van der Waals surface area contributed by atoms with Gasteiger partial charge < -0.3 is 10.2 Å². The van der Waals surface area contributed by atoms with Gasteiger partial charge in [0, 0.05) is 44.8 Å². The van der Waals surface area contributed by atoms with E-state index in [1.54, 1.807) is 0 Å². The van der Waals surface area contributed by atoms with Crippen LogP contribution < -0.4 is 5.32 Å². The molecule has 1 aliphatic heterocycles. The summed E-state index contributed by atoms with van der Waals surface area (Å²) in [7, 11) is 0. The number of piperazine rings is 1. The van der Waals surface area contributed by atoms with E-state index in [2.05, 4.69) is 20.4 Å². The second-order valence-electron chi connectivity index (χ2n) is 6.90. The summed E-state index contributed by atoms with van der Waals surface area (Å²) >= 11 is 1.44. The number of hydrogen-bond acceptors (Lipinski definition) is 5. The fraction of sp³-hybridized carbons (Fsp3) is 0.286. The molecular weight excluding hydrogens is 386 g/mol. The van der Waals surface area contributed by atoms with Gasteiger partial charge in [-0.25, -0.2) is 0 Å². The Kier molecular flexibility index (Phi) is 6.02. The Bertz CT molecular complexity index is 947. The third-order valence-electron chi connectivity index (χ3n) is 5.00. The van der Waals surface area contributed by atoms with Crippen molar-refractivity contribution in [1.82, 2.24) is 25.3 Å². The highest BCUT2D eigenvalue weighted by Gasteiger charge is 2.23. The van der Waals surface area contributed by atoms with Crippen molar-refractivity contribution in [3.8, 4) is 11.3 Å². The number of nitrogens with zero attached hydrogens (tertiary/aromatic N) is 3. The second kappa shape index (κ2) is 9.02. The number of rotatable bonds is 6. The summed E-state index contributed by atoms with van der Waals surface area (Å²) in [5.74, 6) is -0.0485. The fourth-order valence-electron chi connectivity index (χ4n) is 3.36. The van der Waals surface area contributed by atoms with E-state index in [1.165, 1.54) is 11.3 Å². The Hall–Kier alpha value is -2.97. The molecule has 2 N–H and O–H groups in total. The maximum atomic E-state index is 12.8. The van der Waals surface area contributed by atoms with Crippen molar-refractivity contribution < 1.29 is 9.59 Å². The van der Waals surface area contributed by atoms with Crippen molar-refractivity contribution in [2.45, 2.75) is 0 Å². The van der Waals surface area contributed by atoms with Gasteiger partial charge >= 0.3 is 0 Å². The molecule has 8 heteroatoms. The second-order valence-corrected chi connectivity index (χ2v) is 7.85. The summed E-state index contributed by atoms with van der Waals surface area (Å²) in [6.45, 7) is 4.29. The number of benzene rings is 1. The van der Waals surface area contributed by atoms with Gasteiger partial charge in [0.1, 0.15) is 5.69 Å². The van der Waals surface area contributed by atoms with Crippen molar-refractivity contribution >= 4 is 23.2 Å². The number of aromatic nitrogens is 2. The number of thiophene rings is 1. The zero-order valence-electron chi connectivity index (χ0n) is 16.0. The third kappa shape index (κ3) is 4.72. The molecule has 7 nitrogen and oxygen atoms in total. The molecule has 1 saturated heterocycles. The van der Waals surface area contributed by atoms with Gasteiger partial charge in [-0.15, -0.1) is 11.3 Å². The van der Waals surface area contributed by atoms with Crippen LogP contribution in [0.4, 0.5) is 0 Å². The Labute approximate surface area is 173 Å². The van der Waals surface area contributed by atoms with E-state index in [-0.39, 0.29) is 11.8 Å². The third-order valence-corrected chi connectivity index (χ3v) is 5.86. The van der Waals surface area contributed by atoms with Crippen LogP contribution in [0.2, 0.25) is 0 Å². The zero-order chi connectivity index (χ0) is 20.1. The van der Waals surface area contributed by atoms with Gasteiger partial charge in [-0.05, 0) is 17.5 Å². The molecule has 2 aromatic heterocycles. The predicted octanol–water partition coefficient (Wildman–Crippen LogP) is 2.33. The van der Waals surface area contributed by atoms with Gasteiger partial charge in [-0.1, -0.05) is 36.4 Å². The summed E-state index contributed by atoms with van der Waals surface area (Å²) in [6.07, 6.45) is 0. The first kappa shape index (κ1) is 19.4. The molecule has 3 heterocycles. The van der Waals surface area contributed by atoms with Gasteiger partial charge in [-0.2, -0.15) is 5.10 Å². The Morgan fingerprint density at radius 3 is 2.59 bits per heavy atom. The van der Waals surface area contributed by atoms with Crippen LogP contribution in [0.3, 0.4) is 0 Å². The van der Waals surface area contributed by atoms with E-state index in [9.17, 15) is 9.59 Å². The average Bonchev–Trinajstić information content (AvgIpc) is 3.47. The molecule has 29 heavy (non-hydrogen) atoms. The van der Waals surface area contributed by atoms with E-state index in [4.69, 9.17) is 0 Å². The van der Waals surface area contributed by atoms with Crippen LogP contribution in [0.1, 0.15) is 20.2 Å². The van der Waals surface area contributed by atoms with E-state index < -0.39 is 0 Å². The molecule has 1 aromatic carbocycles. The molecule has 3 aromatic rings. The molecule has 0 bridgehead atoms. The molecule has 0 saturated carbocycles. The highest BCUT2D eigenvalue weighted by molar-refractivity contribution is 7.12. The van der Waals surface area contributed by atoms with E-state index in [1.807, 2.05) is 58.8 Å². The lowest BCUT2D eigenvalue weighted by atomic mass is 10.1. The van der Waals surface area contributed by atoms with Gasteiger partial charge in [0.15, 0.2) is 0 Å². The van der Waals surface area contributed by atoms with Crippen LogP contribution in [0.5, 0.6) is 0 Å². The smallest absolute Gasteiger partial charge is 0.271 e. The van der Waals surface area contributed by atoms with Crippen LogP contribution in [-0.4, -0.2) is 71.1 Å². The van der Waals surface area contributed by atoms with Crippen molar-refractivity contribution in [1.29, 1.82) is 0 Å². The van der Waals surface area contributed by atoms with E-state index in [0.717, 1.165) is 35.8 Å². The maximum Gasteiger partial charge on any atom is 0.271 e. The molecule has 4 rings (SSSR count). The molecule has 2 amide bonds. The number of hydrogen-bond donors (Lipinski definition) is 2. The molecule has 0 radical (unpaired) electrons. The van der Waals surface area contributed by atoms with Gasteiger partial charge in [0.05, 0.1) is 10.6 Å². The Balaban J connectivity index is 1.24. The summed E-state index contributed by atoms with van der Waals surface area (Å²) < 4.78 is 0. The van der Waals surface area contributed by atoms with Crippen molar-refractivity contribution in [2.24, 2.45) is 0 Å². The van der Waals surface area contributed by atoms with Crippen LogP contribution in [0.25, 0.3) is 11.3 Å². The standard InChI is InChI=1S/C21H23N5O2S/c27-20(19-7-4-14-29-19)22-8-9-25-10-12-26(13-11-25)21(28)18-15-17(23-24-18)16-5-2-1-3-6-16/h1-7,14-15H,8-13H2,(H,22,27)(H,23,24). The molecule has 0 atom stereocenters. The highest BCUT2D eigenvalue weighted by Crippen LogP contribution is 2.18. The summed E-state index contributed by atoms with van der Waals surface area (Å²) in [6, 6.07) is 15.3. The van der Waals surface area contributed by atoms with Crippen LogP contribution in [0, 0.1) is 0 Å². The first-order chi connectivity index (χ1) is 14.2. The number of nitrogens with one attached hydrogen (secondary N) is 2. The fourth-order valence-corrected chi connectivity index (χ4v) is 4.00. The topological polar surface area (TPSA) is 81.3 Å². The average molecular weight is 410 g/mol. The van der Waals surface area contributed by atoms with Gasteiger partial charge in [0.2, 0.25) is 0 Å². The lowest BCUT2D eigenvalue weighted by molar-refractivity contribution is 0.0632. The first-order valence-electron chi connectivity index (χ1n) is 9.65. The Morgan fingerprint density at radius 1 is 1.07 bits per heavy atom.